The number of aliphatic hydroxyl groups excluding tert-OH is 3. The zero-order valence-corrected chi connectivity index (χ0v) is 22.1. The van der Waals surface area contributed by atoms with Gasteiger partial charge in [-0.2, -0.15) is 0 Å². The molecular weight excluding hydrogens is 597 g/mol. The van der Waals surface area contributed by atoms with E-state index in [2.05, 4.69) is 0 Å². The van der Waals surface area contributed by atoms with Gasteiger partial charge in [-0.3, -0.25) is 0 Å². The van der Waals surface area contributed by atoms with Gasteiger partial charge in [0.25, 0.3) is 0 Å². The third-order valence-corrected chi connectivity index (χ3v) is 6.68. The first-order chi connectivity index (χ1) is 13.3. The normalized spacial score (nSPS) is 42.9. The number of ether oxygens (including phenoxy) is 3. The SMILES string of the molecule is CC1[C@H](COC[C@H]2C(CO)O[C@@H](CO)C([NH-])[C@H]2C)OC(C(=O)O)[C@H](CO)[C@@H]1C.[Ac]. The van der Waals surface area contributed by atoms with Gasteiger partial charge in [0.05, 0.1) is 44.7 Å². The second kappa shape index (κ2) is 12.6. The fourth-order valence-electron chi connectivity index (χ4n) is 4.38. The van der Waals surface area contributed by atoms with Crippen LogP contribution in [0, 0.1) is 73.7 Å². The van der Waals surface area contributed by atoms with E-state index in [1.165, 1.54) is 0 Å². The molecule has 0 aromatic heterocycles. The molecule has 167 valence electrons. The zero-order valence-electron chi connectivity index (χ0n) is 17.3. The molecule has 29 heavy (non-hydrogen) atoms. The summed E-state index contributed by atoms with van der Waals surface area (Å²) >= 11 is 0. The summed E-state index contributed by atoms with van der Waals surface area (Å²) in [4.78, 5) is 11.5. The van der Waals surface area contributed by atoms with Gasteiger partial charge in [-0.1, -0.05) is 26.7 Å². The Bertz CT molecular complexity index is 511. The van der Waals surface area contributed by atoms with Crippen molar-refractivity contribution in [3.63, 3.8) is 0 Å². The number of rotatable bonds is 8. The van der Waals surface area contributed by atoms with E-state index in [0.29, 0.717) is 0 Å². The van der Waals surface area contributed by atoms with Gasteiger partial charge in [-0.15, -0.1) is 6.04 Å². The first kappa shape index (κ1) is 27.7. The number of carboxylic acid groups (broad SMARTS) is 1. The Morgan fingerprint density at radius 2 is 1.48 bits per heavy atom. The van der Waals surface area contributed by atoms with Crippen LogP contribution in [0.4, 0.5) is 0 Å². The Morgan fingerprint density at radius 1 is 0.862 bits per heavy atom. The maximum Gasteiger partial charge on any atom is 0.333 e. The van der Waals surface area contributed by atoms with Gasteiger partial charge >= 0.3 is 5.97 Å². The summed E-state index contributed by atoms with van der Waals surface area (Å²) in [7, 11) is 0. The number of carboxylic acids is 1. The quantitative estimate of drug-likeness (QED) is 0.296. The number of carbonyl (C=O) groups is 1. The maximum absolute atomic E-state index is 11.5. The van der Waals surface area contributed by atoms with Crippen molar-refractivity contribution < 1.29 is 83.5 Å². The van der Waals surface area contributed by atoms with Crippen molar-refractivity contribution in [1.82, 2.24) is 0 Å². The standard InChI is InChI=1S/C19H34NO8.Ac/c1-9-10(2)16(28-18(19(24)25)12(9)4-21)8-26-7-13-11(3)17(20)15(6-23)27-14(13)5-22;/h9-18,20-23H,4-8H2,1-3H3,(H,24,25);/q-1;/t9-,10?,11+,12-,13-,14?,15+,16+,17?,18?;/m1./s1. The van der Waals surface area contributed by atoms with Crippen molar-refractivity contribution in [3.8, 4) is 0 Å². The molecule has 10 atom stereocenters. The first-order valence-corrected chi connectivity index (χ1v) is 9.91. The predicted octanol–water partition coefficient (Wildman–Crippen LogP) is 0.161. The molecule has 2 rings (SSSR count). The Labute approximate surface area is 207 Å². The zero-order chi connectivity index (χ0) is 21.0. The van der Waals surface area contributed by atoms with Crippen LogP contribution in [-0.4, -0.2) is 89.9 Å². The van der Waals surface area contributed by atoms with Gasteiger partial charge in [-0.05, 0) is 11.8 Å². The van der Waals surface area contributed by atoms with Crippen LogP contribution in [0.1, 0.15) is 20.8 Å². The Kier molecular flexibility index (Phi) is 12.0. The fourth-order valence-corrected chi connectivity index (χ4v) is 4.38. The number of aliphatic carboxylic acids is 1. The Hall–Kier alpha value is 0.632. The van der Waals surface area contributed by atoms with Crippen LogP contribution in [-0.2, 0) is 19.0 Å². The van der Waals surface area contributed by atoms with E-state index in [-0.39, 0.29) is 101 Å². The van der Waals surface area contributed by atoms with Crippen molar-refractivity contribution in [2.45, 2.75) is 51.2 Å². The molecule has 2 aliphatic heterocycles. The van der Waals surface area contributed by atoms with Gasteiger partial charge < -0.3 is 40.4 Å². The van der Waals surface area contributed by atoms with Crippen molar-refractivity contribution in [3.05, 3.63) is 5.73 Å². The molecule has 2 fully saturated rings. The van der Waals surface area contributed by atoms with E-state index in [1.54, 1.807) is 0 Å². The summed E-state index contributed by atoms with van der Waals surface area (Å²) < 4.78 is 17.2. The molecule has 0 spiro atoms. The molecule has 0 aromatic rings. The molecule has 9 nitrogen and oxygen atoms in total. The summed E-state index contributed by atoms with van der Waals surface area (Å²) in [5.41, 5.74) is 8.20. The molecule has 2 aliphatic rings. The van der Waals surface area contributed by atoms with Crippen LogP contribution in [0.5, 0.6) is 0 Å². The average Bonchev–Trinajstić information content (AvgIpc) is 2.68. The third kappa shape index (κ3) is 6.33. The van der Waals surface area contributed by atoms with E-state index in [9.17, 15) is 25.2 Å². The third-order valence-electron chi connectivity index (χ3n) is 6.68. The first-order valence-electron chi connectivity index (χ1n) is 9.91. The molecule has 0 aliphatic carbocycles. The van der Waals surface area contributed by atoms with Crippen LogP contribution >= 0.6 is 0 Å². The van der Waals surface area contributed by atoms with Crippen molar-refractivity contribution in [2.75, 3.05) is 33.0 Å². The molecule has 10 heteroatoms. The average molecular weight is 631 g/mol. The summed E-state index contributed by atoms with van der Waals surface area (Å²) in [5, 5.41) is 37.9. The van der Waals surface area contributed by atoms with E-state index in [0.717, 1.165) is 0 Å². The van der Waals surface area contributed by atoms with Crippen molar-refractivity contribution >= 4 is 5.97 Å². The number of aliphatic hydroxyl groups is 3. The largest absolute Gasteiger partial charge is 0.672 e. The summed E-state index contributed by atoms with van der Waals surface area (Å²) in [6.07, 6.45) is -2.65. The molecule has 0 aromatic carbocycles. The Morgan fingerprint density at radius 3 is 2.00 bits per heavy atom. The van der Waals surface area contributed by atoms with Crippen LogP contribution in [0.3, 0.4) is 0 Å². The van der Waals surface area contributed by atoms with Crippen LogP contribution in [0.25, 0.3) is 5.73 Å². The molecular formula is C19H34AcNO8-. The minimum Gasteiger partial charge on any atom is -0.672 e. The molecule has 2 saturated heterocycles. The Balaban J connectivity index is 0.00000420. The van der Waals surface area contributed by atoms with E-state index in [1.807, 2.05) is 20.8 Å². The molecule has 2 heterocycles. The monoisotopic (exact) mass is 631 g/mol. The molecule has 0 saturated carbocycles. The molecule has 4 unspecified atom stereocenters. The van der Waals surface area contributed by atoms with Gasteiger partial charge in [0.2, 0.25) is 0 Å². The van der Waals surface area contributed by atoms with E-state index >= 15 is 0 Å². The van der Waals surface area contributed by atoms with Crippen molar-refractivity contribution in [2.24, 2.45) is 29.6 Å². The van der Waals surface area contributed by atoms with E-state index < -0.39 is 42.3 Å². The van der Waals surface area contributed by atoms with E-state index in [4.69, 9.17) is 19.9 Å². The number of hydrogen-bond acceptors (Lipinski definition) is 7. The van der Waals surface area contributed by atoms with Gasteiger partial charge in [0, 0.05) is 62.5 Å². The van der Waals surface area contributed by atoms with Gasteiger partial charge in [0.15, 0.2) is 6.10 Å². The smallest absolute Gasteiger partial charge is 0.333 e. The molecule has 0 bridgehead atoms. The predicted molar refractivity (Wildman–Crippen MR) is 99.6 cm³/mol. The minimum atomic E-state index is -1.09. The van der Waals surface area contributed by atoms with Gasteiger partial charge in [-0.25, -0.2) is 4.79 Å². The summed E-state index contributed by atoms with van der Waals surface area (Å²) in [6.45, 7) is 5.42. The van der Waals surface area contributed by atoms with Crippen LogP contribution < -0.4 is 0 Å². The molecule has 0 amide bonds. The number of hydrogen-bond donors (Lipinski definition) is 4. The van der Waals surface area contributed by atoms with Crippen molar-refractivity contribution in [1.29, 1.82) is 0 Å². The van der Waals surface area contributed by atoms with Gasteiger partial charge in [0.1, 0.15) is 0 Å². The van der Waals surface area contributed by atoms with Crippen LogP contribution in [0.15, 0.2) is 0 Å². The maximum atomic E-state index is 11.5. The minimum absolute atomic E-state index is 0. The topological polar surface area (TPSA) is 149 Å². The van der Waals surface area contributed by atoms with Crippen LogP contribution in [0.2, 0.25) is 0 Å². The summed E-state index contributed by atoms with van der Waals surface area (Å²) in [6, 6.07) is -0.618. The fraction of sp³-hybridized carbons (Fsp3) is 0.947. The molecule has 1 radical (unpaired) electrons. The second-order valence-electron chi connectivity index (χ2n) is 8.16. The summed E-state index contributed by atoms with van der Waals surface area (Å²) in [5.74, 6) is -1.95. The second-order valence-corrected chi connectivity index (χ2v) is 8.16. The molecule has 5 N–H and O–H groups in total. The number of nitrogens with one attached hydrogen (secondary N) is 1.